The number of halogens is 6. The number of carbonyl (C=O) groups excluding carboxylic acids is 2. The number of carbonyl (C=O) groups is 3. The molecule has 0 aliphatic carbocycles. The molecule has 1 saturated heterocycles. The smallest absolute Gasteiger partial charge is 0.416 e. The van der Waals surface area contributed by atoms with Crippen LogP contribution in [0.15, 0.2) is 65.4 Å². The maximum atomic E-state index is 13.3. The number of alkyl halides is 6. The fourth-order valence-electron chi connectivity index (χ4n) is 4.25. The quantitative estimate of drug-likeness (QED) is 0.115. The molecule has 1 fully saturated rings. The van der Waals surface area contributed by atoms with Gasteiger partial charge in [-0.3, -0.25) is 14.5 Å². The van der Waals surface area contributed by atoms with E-state index >= 15 is 0 Å². The van der Waals surface area contributed by atoms with Gasteiger partial charge in [0.05, 0.1) is 33.0 Å². The van der Waals surface area contributed by atoms with Crippen molar-refractivity contribution >= 4 is 69.2 Å². The summed E-state index contributed by atoms with van der Waals surface area (Å²) in [6.07, 6.45) is -6.20. The van der Waals surface area contributed by atoms with Gasteiger partial charge >= 0.3 is 18.3 Å². The zero-order valence-electron chi connectivity index (χ0n) is 22.7. The lowest BCUT2D eigenvalue weighted by molar-refractivity contribution is -0.143. The molecule has 2 N–H and O–H groups in total. The van der Waals surface area contributed by atoms with Crippen LogP contribution in [0.3, 0.4) is 0 Å². The van der Waals surface area contributed by atoms with Crippen molar-refractivity contribution in [2.45, 2.75) is 18.8 Å². The number of amides is 2. The zero-order valence-corrected chi connectivity index (χ0v) is 25.2. The number of nitrogens with zero attached hydrogens (tertiary/aromatic N) is 4. The molecule has 1 aliphatic heterocycles. The highest BCUT2D eigenvalue weighted by Crippen LogP contribution is 2.40. The SMILES string of the molecule is O=C(CCN1C(=O)/C(=C/c2cc(-c3cc(C(F)(F)F)cc(C(F)(F)F)c3)cs2)SC1=S)Nc1cc(C(=O)O)ccc1-n1cncn1. The fourth-order valence-corrected chi connectivity index (χ4v) is 6.47. The average Bonchev–Trinajstić information content (AvgIpc) is 3.73. The number of aromatic nitrogens is 3. The number of thiophene rings is 1. The average molecular weight is 698 g/mol. The van der Waals surface area contributed by atoms with Crippen LogP contribution in [0.5, 0.6) is 0 Å². The van der Waals surface area contributed by atoms with E-state index in [0.717, 1.165) is 23.1 Å². The Morgan fingerprint density at radius 2 is 1.70 bits per heavy atom. The largest absolute Gasteiger partial charge is 0.478 e. The maximum absolute atomic E-state index is 13.3. The van der Waals surface area contributed by atoms with Gasteiger partial charge in [0.2, 0.25) is 5.91 Å². The maximum Gasteiger partial charge on any atom is 0.416 e. The van der Waals surface area contributed by atoms with Gasteiger partial charge in [-0.2, -0.15) is 31.4 Å². The summed E-state index contributed by atoms with van der Waals surface area (Å²) in [4.78, 5) is 42.9. The number of aromatic carboxylic acids is 1. The number of thiocarbonyl (C=S) groups is 1. The first-order valence-electron chi connectivity index (χ1n) is 12.8. The van der Waals surface area contributed by atoms with Crippen molar-refractivity contribution in [3.05, 3.63) is 87.0 Å². The molecule has 238 valence electrons. The Kier molecular flexibility index (Phi) is 9.05. The number of benzene rings is 2. The van der Waals surface area contributed by atoms with Crippen molar-refractivity contribution in [3.8, 4) is 16.8 Å². The first-order valence-corrected chi connectivity index (χ1v) is 14.9. The molecule has 2 amide bonds. The molecule has 0 saturated carbocycles. The van der Waals surface area contributed by atoms with Gasteiger partial charge in [0, 0.05) is 17.8 Å². The molecule has 3 heterocycles. The summed E-state index contributed by atoms with van der Waals surface area (Å²) in [5, 5.41) is 17.3. The third-order valence-electron chi connectivity index (χ3n) is 6.43. The van der Waals surface area contributed by atoms with Crippen LogP contribution in [0.25, 0.3) is 22.9 Å². The normalized spacial score (nSPS) is 14.7. The summed E-state index contributed by atoms with van der Waals surface area (Å²) in [5.41, 5.74) is -2.70. The Bertz CT molecular complexity index is 1850. The van der Waals surface area contributed by atoms with Gasteiger partial charge in [-0.1, -0.05) is 24.0 Å². The van der Waals surface area contributed by atoms with E-state index in [2.05, 4.69) is 15.4 Å². The predicted molar refractivity (Wildman–Crippen MR) is 161 cm³/mol. The minimum absolute atomic E-state index is 0.0470. The molecule has 5 rings (SSSR count). The van der Waals surface area contributed by atoms with E-state index in [1.165, 1.54) is 58.0 Å². The molecule has 9 nitrogen and oxygen atoms in total. The molecule has 0 bridgehead atoms. The molecule has 0 radical (unpaired) electrons. The molecule has 0 spiro atoms. The summed E-state index contributed by atoms with van der Waals surface area (Å²) in [7, 11) is 0. The van der Waals surface area contributed by atoms with Crippen molar-refractivity contribution in [2.24, 2.45) is 0 Å². The van der Waals surface area contributed by atoms with Gasteiger partial charge in [-0.05, 0) is 65.0 Å². The van der Waals surface area contributed by atoms with Gasteiger partial charge < -0.3 is 10.4 Å². The van der Waals surface area contributed by atoms with Crippen LogP contribution in [0.2, 0.25) is 0 Å². The third kappa shape index (κ3) is 7.29. The number of hydrogen-bond donors (Lipinski definition) is 2. The summed E-state index contributed by atoms with van der Waals surface area (Å²) >= 11 is 7.21. The Morgan fingerprint density at radius 1 is 1.00 bits per heavy atom. The Hall–Kier alpha value is -4.55. The van der Waals surface area contributed by atoms with Crippen molar-refractivity contribution in [2.75, 3.05) is 11.9 Å². The van der Waals surface area contributed by atoms with Crippen molar-refractivity contribution in [3.63, 3.8) is 0 Å². The van der Waals surface area contributed by atoms with Crippen LogP contribution in [0, 0.1) is 0 Å². The van der Waals surface area contributed by atoms with E-state index in [4.69, 9.17) is 12.2 Å². The Morgan fingerprint density at radius 3 is 2.30 bits per heavy atom. The number of thioether (sulfide) groups is 1. The zero-order chi connectivity index (χ0) is 33.4. The molecule has 0 atom stereocenters. The minimum Gasteiger partial charge on any atom is -0.478 e. The van der Waals surface area contributed by atoms with Gasteiger partial charge in [0.1, 0.15) is 17.0 Å². The lowest BCUT2D eigenvalue weighted by Gasteiger charge is -2.15. The second-order valence-corrected chi connectivity index (χ2v) is 12.2. The summed E-state index contributed by atoms with van der Waals surface area (Å²) in [6, 6.07) is 6.68. The molecule has 46 heavy (non-hydrogen) atoms. The van der Waals surface area contributed by atoms with Crippen molar-refractivity contribution in [1.82, 2.24) is 19.7 Å². The minimum atomic E-state index is -5.00. The van der Waals surface area contributed by atoms with E-state index < -0.39 is 41.3 Å². The highest BCUT2D eigenvalue weighted by molar-refractivity contribution is 8.26. The highest BCUT2D eigenvalue weighted by Gasteiger charge is 2.37. The molecule has 1 aliphatic rings. The van der Waals surface area contributed by atoms with E-state index in [-0.39, 0.29) is 50.6 Å². The van der Waals surface area contributed by atoms with E-state index in [9.17, 15) is 45.8 Å². The van der Waals surface area contributed by atoms with Crippen LogP contribution in [0.4, 0.5) is 32.0 Å². The molecule has 2 aromatic heterocycles. The lowest BCUT2D eigenvalue weighted by atomic mass is 10.0. The second kappa shape index (κ2) is 12.7. The summed E-state index contributed by atoms with van der Waals surface area (Å²) < 4.78 is 81.3. The molecular weight excluding hydrogens is 681 g/mol. The van der Waals surface area contributed by atoms with Crippen LogP contribution >= 0.6 is 35.3 Å². The first kappa shape index (κ1) is 32.8. The number of hydrogen-bond acceptors (Lipinski definition) is 8. The van der Waals surface area contributed by atoms with E-state index in [1.807, 2.05) is 0 Å². The first-order chi connectivity index (χ1) is 21.6. The predicted octanol–water partition coefficient (Wildman–Crippen LogP) is 6.96. The molecule has 4 aromatic rings. The van der Waals surface area contributed by atoms with Gasteiger partial charge in [-0.25, -0.2) is 14.5 Å². The fraction of sp³-hybridized carbons (Fsp3) is 0.143. The van der Waals surface area contributed by atoms with Gasteiger partial charge in [0.25, 0.3) is 5.91 Å². The van der Waals surface area contributed by atoms with Crippen LogP contribution in [0.1, 0.15) is 32.8 Å². The van der Waals surface area contributed by atoms with E-state index in [0.29, 0.717) is 22.7 Å². The van der Waals surface area contributed by atoms with Gasteiger partial charge in [0.15, 0.2) is 0 Å². The Labute approximate surface area is 268 Å². The van der Waals surface area contributed by atoms with E-state index in [1.54, 1.807) is 0 Å². The molecular formula is C28H17F6N5O4S3. The molecule has 18 heteroatoms. The van der Waals surface area contributed by atoms with Crippen molar-refractivity contribution < 1.29 is 45.8 Å². The monoisotopic (exact) mass is 697 g/mol. The van der Waals surface area contributed by atoms with Crippen LogP contribution in [-0.4, -0.2) is 53.4 Å². The highest BCUT2D eigenvalue weighted by atomic mass is 32.2. The Balaban J connectivity index is 1.29. The van der Waals surface area contributed by atoms with Crippen molar-refractivity contribution in [1.29, 1.82) is 0 Å². The second-order valence-electron chi connectivity index (χ2n) is 9.54. The lowest BCUT2D eigenvalue weighted by Crippen LogP contribution is -2.31. The number of nitrogens with one attached hydrogen (secondary N) is 1. The number of carboxylic acids is 1. The summed E-state index contributed by atoms with van der Waals surface area (Å²) in [5.74, 6) is -2.33. The molecule has 2 aromatic carbocycles. The van der Waals surface area contributed by atoms with Gasteiger partial charge in [-0.15, -0.1) is 11.3 Å². The third-order valence-corrected chi connectivity index (χ3v) is 8.69. The standard InChI is InChI=1S/C28H17F6N5O4S3/c29-27(30,31)17-5-15(6-18(9-17)28(32,33)34)16-7-19(45-11-16)10-22-24(41)38(26(44)46-22)4-3-23(40)37-20-8-14(25(42)43)1-2-21(20)39-13-35-12-36-39/h1-2,5-13H,3-4H2,(H,37,40)(H,42,43)/b22-10-. The number of anilines is 1. The van der Waals surface area contributed by atoms with Crippen LogP contribution < -0.4 is 5.32 Å². The number of rotatable bonds is 8. The van der Waals surface area contributed by atoms with Crippen LogP contribution in [-0.2, 0) is 21.9 Å². The number of carboxylic acid groups (broad SMARTS) is 1. The topological polar surface area (TPSA) is 117 Å². The summed E-state index contributed by atoms with van der Waals surface area (Å²) in [6.45, 7) is -0.134. The molecule has 0 unspecified atom stereocenters.